The quantitative estimate of drug-likeness (QED) is 0.552. The number of hydrogen-bond donors (Lipinski definition) is 2. The van der Waals surface area contributed by atoms with E-state index < -0.39 is 0 Å². The SMILES string of the molecule is CN=C(NCc1ccccc1CN(C)C)NCC(C)Oc1cccc(F)c1. The minimum atomic E-state index is -0.304. The predicted molar refractivity (Wildman–Crippen MR) is 109 cm³/mol. The van der Waals surface area contributed by atoms with Crippen LogP contribution in [0.4, 0.5) is 4.39 Å². The van der Waals surface area contributed by atoms with E-state index in [1.807, 2.05) is 13.0 Å². The summed E-state index contributed by atoms with van der Waals surface area (Å²) in [6.45, 7) is 4.05. The Hall–Kier alpha value is -2.60. The molecular weight excluding hydrogens is 343 g/mol. The molecule has 1 unspecified atom stereocenters. The third kappa shape index (κ3) is 7.27. The maximum atomic E-state index is 13.2. The van der Waals surface area contributed by atoms with Gasteiger partial charge in [0.2, 0.25) is 0 Å². The zero-order valence-electron chi connectivity index (χ0n) is 16.5. The fourth-order valence-corrected chi connectivity index (χ4v) is 2.68. The van der Waals surface area contributed by atoms with Gasteiger partial charge in [-0.3, -0.25) is 4.99 Å². The van der Waals surface area contributed by atoms with Gasteiger partial charge in [0, 0.05) is 26.2 Å². The fraction of sp³-hybridized carbons (Fsp3) is 0.381. The minimum Gasteiger partial charge on any atom is -0.489 e. The molecule has 0 saturated heterocycles. The highest BCUT2D eigenvalue weighted by Crippen LogP contribution is 2.13. The first kappa shape index (κ1) is 20.7. The summed E-state index contributed by atoms with van der Waals surface area (Å²) in [6.07, 6.45) is -0.133. The van der Waals surface area contributed by atoms with Crippen molar-refractivity contribution >= 4 is 5.96 Å². The molecule has 146 valence electrons. The molecule has 5 nitrogen and oxygen atoms in total. The smallest absolute Gasteiger partial charge is 0.191 e. The Kier molecular flexibility index (Phi) is 8.07. The van der Waals surface area contributed by atoms with Crippen molar-refractivity contribution in [1.29, 1.82) is 0 Å². The van der Waals surface area contributed by atoms with Crippen LogP contribution in [0.3, 0.4) is 0 Å². The zero-order chi connectivity index (χ0) is 19.6. The number of guanidine groups is 1. The number of rotatable bonds is 8. The molecular formula is C21H29FN4O. The summed E-state index contributed by atoms with van der Waals surface area (Å²) >= 11 is 0. The molecule has 0 heterocycles. The van der Waals surface area contributed by atoms with Crippen LogP contribution in [-0.2, 0) is 13.1 Å². The van der Waals surface area contributed by atoms with Crippen LogP contribution in [0.5, 0.6) is 5.75 Å². The van der Waals surface area contributed by atoms with Crippen molar-refractivity contribution in [3.63, 3.8) is 0 Å². The van der Waals surface area contributed by atoms with Crippen molar-refractivity contribution in [2.75, 3.05) is 27.7 Å². The number of halogens is 1. The van der Waals surface area contributed by atoms with E-state index in [1.54, 1.807) is 19.2 Å². The van der Waals surface area contributed by atoms with E-state index in [-0.39, 0.29) is 11.9 Å². The van der Waals surface area contributed by atoms with Crippen LogP contribution in [0.2, 0.25) is 0 Å². The number of aliphatic imine (C=N–C) groups is 1. The Bertz CT molecular complexity index is 748. The largest absolute Gasteiger partial charge is 0.489 e. The van der Waals surface area contributed by atoms with E-state index in [0.29, 0.717) is 24.8 Å². The predicted octanol–water partition coefficient (Wildman–Crippen LogP) is 3.02. The lowest BCUT2D eigenvalue weighted by Gasteiger charge is -2.19. The number of nitrogens with zero attached hydrogens (tertiary/aromatic N) is 2. The average molecular weight is 372 g/mol. The summed E-state index contributed by atoms with van der Waals surface area (Å²) in [5.74, 6) is 0.913. The summed E-state index contributed by atoms with van der Waals surface area (Å²) < 4.78 is 19.0. The van der Waals surface area contributed by atoms with Crippen LogP contribution < -0.4 is 15.4 Å². The van der Waals surface area contributed by atoms with Gasteiger partial charge in [-0.05, 0) is 44.3 Å². The standard InChI is InChI=1S/C21H29FN4O/c1-16(27-20-11-7-10-19(22)12-20)13-24-21(23-2)25-14-17-8-5-6-9-18(17)15-26(3)4/h5-12,16H,13-15H2,1-4H3,(H2,23,24,25). The van der Waals surface area contributed by atoms with Gasteiger partial charge in [-0.2, -0.15) is 0 Å². The molecule has 2 aromatic rings. The molecule has 2 rings (SSSR count). The van der Waals surface area contributed by atoms with Gasteiger partial charge >= 0.3 is 0 Å². The number of hydrogen-bond acceptors (Lipinski definition) is 3. The molecule has 0 radical (unpaired) electrons. The Balaban J connectivity index is 1.84. The summed E-state index contributed by atoms with van der Waals surface area (Å²) in [6, 6.07) is 14.5. The topological polar surface area (TPSA) is 48.9 Å². The van der Waals surface area contributed by atoms with Crippen LogP contribution in [-0.4, -0.2) is 44.7 Å². The molecule has 0 aromatic heterocycles. The van der Waals surface area contributed by atoms with Gasteiger partial charge in [0.05, 0.1) is 6.54 Å². The van der Waals surface area contributed by atoms with Crippen molar-refractivity contribution in [2.45, 2.75) is 26.1 Å². The fourth-order valence-electron chi connectivity index (χ4n) is 2.68. The van der Waals surface area contributed by atoms with Crippen molar-refractivity contribution < 1.29 is 9.13 Å². The molecule has 0 spiro atoms. The lowest BCUT2D eigenvalue weighted by Crippen LogP contribution is -2.41. The molecule has 0 bridgehead atoms. The van der Waals surface area contributed by atoms with Crippen molar-refractivity contribution in [3.05, 3.63) is 65.5 Å². The molecule has 0 aliphatic heterocycles. The highest BCUT2D eigenvalue weighted by molar-refractivity contribution is 5.79. The summed E-state index contributed by atoms with van der Waals surface area (Å²) in [4.78, 5) is 6.41. The lowest BCUT2D eigenvalue weighted by molar-refractivity contribution is 0.223. The van der Waals surface area contributed by atoms with Crippen molar-refractivity contribution in [1.82, 2.24) is 15.5 Å². The maximum absolute atomic E-state index is 13.2. The highest BCUT2D eigenvalue weighted by Gasteiger charge is 2.08. The average Bonchev–Trinajstić information content (AvgIpc) is 2.62. The Morgan fingerprint density at radius 1 is 1.11 bits per heavy atom. The van der Waals surface area contributed by atoms with Gasteiger partial charge in [-0.15, -0.1) is 0 Å². The normalized spacial score (nSPS) is 12.7. The lowest BCUT2D eigenvalue weighted by atomic mass is 10.1. The van der Waals surface area contributed by atoms with Crippen LogP contribution in [0, 0.1) is 5.82 Å². The third-order valence-electron chi connectivity index (χ3n) is 3.97. The van der Waals surface area contributed by atoms with Crippen LogP contribution in [0.25, 0.3) is 0 Å². The second-order valence-electron chi connectivity index (χ2n) is 6.70. The van der Waals surface area contributed by atoms with Crippen LogP contribution >= 0.6 is 0 Å². The molecule has 0 aliphatic carbocycles. The van der Waals surface area contributed by atoms with E-state index in [1.165, 1.54) is 23.3 Å². The Morgan fingerprint density at radius 3 is 2.52 bits per heavy atom. The molecule has 0 amide bonds. The van der Waals surface area contributed by atoms with E-state index >= 15 is 0 Å². The second kappa shape index (κ2) is 10.5. The summed E-state index contributed by atoms with van der Waals surface area (Å²) in [5.41, 5.74) is 2.52. The van der Waals surface area contributed by atoms with E-state index in [4.69, 9.17) is 4.74 Å². The van der Waals surface area contributed by atoms with Crippen molar-refractivity contribution in [2.24, 2.45) is 4.99 Å². The van der Waals surface area contributed by atoms with Crippen molar-refractivity contribution in [3.8, 4) is 5.75 Å². The maximum Gasteiger partial charge on any atom is 0.191 e. The first-order valence-electron chi connectivity index (χ1n) is 9.06. The minimum absolute atomic E-state index is 0.133. The first-order valence-corrected chi connectivity index (χ1v) is 9.06. The summed E-state index contributed by atoms with van der Waals surface area (Å²) in [5, 5.41) is 6.58. The van der Waals surface area contributed by atoms with Gasteiger partial charge in [0.25, 0.3) is 0 Å². The van der Waals surface area contributed by atoms with Crippen LogP contribution in [0.1, 0.15) is 18.1 Å². The molecule has 2 N–H and O–H groups in total. The first-order chi connectivity index (χ1) is 13.0. The second-order valence-corrected chi connectivity index (χ2v) is 6.70. The zero-order valence-corrected chi connectivity index (χ0v) is 16.5. The van der Waals surface area contributed by atoms with Gasteiger partial charge in [0.15, 0.2) is 5.96 Å². The molecule has 0 saturated carbocycles. The monoisotopic (exact) mass is 372 g/mol. The highest BCUT2D eigenvalue weighted by atomic mass is 19.1. The molecule has 6 heteroatoms. The Labute approximate surface area is 161 Å². The van der Waals surface area contributed by atoms with E-state index in [2.05, 4.69) is 52.8 Å². The molecule has 0 fully saturated rings. The summed E-state index contributed by atoms with van der Waals surface area (Å²) in [7, 11) is 5.86. The molecule has 2 aromatic carbocycles. The number of nitrogens with one attached hydrogen (secondary N) is 2. The Morgan fingerprint density at radius 2 is 1.85 bits per heavy atom. The van der Waals surface area contributed by atoms with Gasteiger partial charge in [-0.1, -0.05) is 30.3 Å². The van der Waals surface area contributed by atoms with E-state index in [0.717, 1.165) is 6.54 Å². The molecule has 0 aliphatic rings. The molecule has 1 atom stereocenters. The van der Waals surface area contributed by atoms with Gasteiger partial charge in [0.1, 0.15) is 17.7 Å². The van der Waals surface area contributed by atoms with E-state index in [9.17, 15) is 4.39 Å². The molecule has 27 heavy (non-hydrogen) atoms. The van der Waals surface area contributed by atoms with Crippen LogP contribution in [0.15, 0.2) is 53.5 Å². The third-order valence-corrected chi connectivity index (χ3v) is 3.97. The number of ether oxygens (including phenoxy) is 1. The van der Waals surface area contributed by atoms with Gasteiger partial charge < -0.3 is 20.3 Å². The van der Waals surface area contributed by atoms with Gasteiger partial charge in [-0.25, -0.2) is 4.39 Å². The number of benzene rings is 2.